The summed E-state index contributed by atoms with van der Waals surface area (Å²) in [6, 6.07) is 12.6. The van der Waals surface area contributed by atoms with Gasteiger partial charge in [-0.05, 0) is 43.2 Å². The monoisotopic (exact) mass is 433 g/mol. The zero-order valence-electron chi connectivity index (χ0n) is 17.5. The molecular formula is C24H21N2O6-. The quantitative estimate of drug-likeness (QED) is 0.429. The molecule has 0 spiro atoms. The Balaban J connectivity index is 1.47. The highest BCUT2D eigenvalue weighted by Crippen LogP contribution is 2.23. The van der Waals surface area contributed by atoms with E-state index in [0.717, 1.165) is 27.4 Å². The molecule has 0 aliphatic rings. The summed E-state index contributed by atoms with van der Waals surface area (Å²) in [5.74, 6) is -1.68. The number of carbonyl (C=O) groups excluding carboxylic acids is 2. The molecule has 1 amide bonds. The van der Waals surface area contributed by atoms with E-state index in [9.17, 15) is 19.5 Å². The number of hydrogen-bond donors (Lipinski definition) is 2. The van der Waals surface area contributed by atoms with E-state index in [1.54, 1.807) is 25.3 Å². The highest BCUT2D eigenvalue weighted by atomic mass is 16.5. The number of benzene rings is 2. The summed E-state index contributed by atoms with van der Waals surface area (Å²) in [4.78, 5) is 39.0. The lowest BCUT2D eigenvalue weighted by atomic mass is 10.0. The van der Waals surface area contributed by atoms with Gasteiger partial charge in [-0.3, -0.25) is 4.79 Å². The first-order chi connectivity index (χ1) is 15.3. The second-order valence-electron chi connectivity index (χ2n) is 7.61. The van der Waals surface area contributed by atoms with Crippen LogP contribution in [-0.4, -0.2) is 29.0 Å². The Hall–Kier alpha value is -4.07. The number of aliphatic carboxylic acids is 1. The summed E-state index contributed by atoms with van der Waals surface area (Å²) < 4.78 is 10.8. The lowest BCUT2D eigenvalue weighted by Gasteiger charge is -2.22. The number of amides is 1. The predicted molar refractivity (Wildman–Crippen MR) is 116 cm³/mol. The lowest BCUT2D eigenvalue weighted by Crippen LogP contribution is -2.52. The molecule has 2 atom stereocenters. The highest BCUT2D eigenvalue weighted by Gasteiger charge is 2.21. The summed E-state index contributed by atoms with van der Waals surface area (Å²) in [6.07, 6.45) is 0.789. The van der Waals surface area contributed by atoms with Crippen LogP contribution in [0.15, 0.2) is 63.9 Å². The summed E-state index contributed by atoms with van der Waals surface area (Å²) in [6.45, 7) is 3.30. The van der Waals surface area contributed by atoms with Crippen molar-refractivity contribution in [3.05, 3.63) is 76.3 Å². The van der Waals surface area contributed by atoms with E-state index < -0.39 is 29.6 Å². The second-order valence-corrected chi connectivity index (χ2v) is 7.61. The van der Waals surface area contributed by atoms with Crippen molar-refractivity contribution in [1.29, 1.82) is 0 Å². The van der Waals surface area contributed by atoms with Crippen LogP contribution in [0.2, 0.25) is 0 Å². The molecule has 0 aliphatic heterocycles. The number of hydrogen-bond acceptors (Lipinski definition) is 6. The van der Waals surface area contributed by atoms with Gasteiger partial charge in [0.25, 0.3) is 5.91 Å². The number of ether oxygens (including phenoxy) is 1. The minimum Gasteiger partial charge on any atom is -0.548 e. The standard InChI is InChI=1S/C24H22N2O6/c1-13-9-22(27)32-21-11-16(7-8-17(13)21)31-14(2)23(28)26-20(24(29)30)10-15-12-25-19-6-4-3-5-18(15)19/h3-9,11-12,14,20,25H,10H2,1-2H3,(H,26,28)(H,29,30)/p-1/t14-,20+/m1/s1. The molecule has 0 fully saturated rings. The molecule has 4 rings (SSSR count). The van der Waals surface area contributed by atoms with Crippen molar-refractivity contribution < 1.29 is 23.8 Å². The fourth-order valence-electron chi connectivity index (χ4n) is 3.64. The van der Waals surface area contributed by atoms with Gasteiger partial charge < -0.3 is 29.4 Å². The van der Waals surface area contributed by atoms with E-state index in [0.29, 0.717) is 11.3 Å². The third-order valence-corrected chi connectivity index (χ3v) is 5.30. The Bertz CT molecular complexity index is 1370. The molecule has 0 saturated carbocycles. The molecule has 0 saturated heterocycles. The molecule has 4 aromatic rings. The number of aromatic amines is 1. The van der Waals surface area contributed by atoms with Crippen molar-refractivity contribution >= 4 is 33.7 Å². The largest absolute Gasteiger partial charge is 0.548 e. The molecule has 2 N–H and O–H groups in total. The minimum absolute atomic E-state index is 0.0607. The minimum atomic E-state index is -1.39. The molecule has 0 aliphatic carbocycles. The van der Waals surface area contributed by atoms with Gasteiger partial charge in [0.1, 0.15) is 11.3 Å². The van der Waals surface area contributed by atoms with Gasteiger partial charge in [-0.1, -0.05) is 18.2 Å². The maximum absolute atomic E-state index is 12.6. The number of aryl methyl sites for hydroxylation is 1. The molecule has 0 radical (unpaired) electrons. The molecule has 8 nitrogen and oxygen atoms in total. The predicted octanol–water partition coefficient (Wildman–Crippen LogP) is 1.83. The van der Waals surface area contributed by atoms with Crippen LogP contribution in [0.1, 0.15) is 18.1 Å². The Morgan fingerprint density at radius 3 is 2.72 bits per heavy atom. The van der Waals surface area contributed by atoms with E-state index in [1.165, 1.54) is 19.1 Å². The zero-order chi connectivity index (χ0) is 22.8. The molecule has 8 heteroatoms. The van der Waals surface area contributed by atoms with E-state index in [2.05, 4.69) is 10.3 Å². The molecule has 2 heterocycles. The first-order valence-corrected chi connectivity index (χ1v) is 10.1. The van der Waals surface area contributed by atoms with Gasteiger partial charge >= 0.3 is 5.63 Å². The van der Waals surface area contributed by atoms with E-state index >= 15 is 0 Å². The number of fused-ring (bicyclic) bond motifs is 2. The number of carboxylic acid groups (broad SMARTS) is 1. The van der Waals surface area contributed by atoms with Gasteiger partial charge in [0, 0.05) is 41.0 Å². The second kappa shape index (κ2) is 8.58. The van der Waals surface area contributed by atoms with Crippen molar-refractivity contribution in [1.82, 2.24) is 10.3 Å². The smallest absolute Gasteiger partial charge is 0.336 e. The number of para-hydroxylation sites is 1. The van der Waals surface area contributed by atoms with Gasteiger partial charge in [0.2, 0.25) is 0 Å². The van der Waals surface area contributed by atoms with Crippen LogP contribution >= 0.6 is 0 Å². The van der Waals surface area contributed by atoms with Crippen LogP contribution in [-0.2, 0) is 16.0 Å². The van der Waals surface area contributed by atoms with Crippen molar-refractivity contribution in [2.24, 2.45) is 0 Å². The van der Waals surface area contributed by atoms with Gasteiger partial charge in [0.15, 0.2) is 6.10 Å². The molecular weight excluding hydrogens is 412 g/mol. The van der Waals surface area contributed by atoms with Crippen molar-refractivity contribution in [3.63, 3.8) is 0 Å². The number of aromatic nitrogens is 1. The fourth-order valence-corrected chi connectivity index (χ4v) is 3.64. The zero-order valence-corrected chi connectivity index (χ0v) is 17.5. The summed E-state index contributed by atoms with van der Waals surface area (Å²) >= 11 is 0. The van der Waals surface area contributed by atoms with Crippen molar-refractivity contribution in [2.75, 3.05) is 0 Å². The van der Waals surface area contributed by atoms with Gasteiger partial charge in [-0.2, -0.15) is 0 Å². The van der Waals surface area contributed by atoms with Crippen LogP contribution in [0.4, 0.5) is 0 Å². The van der Waals surface area contributed by atoms with Gasteiger partial charge in [-0.25, -0.2) is 4.79 Å². The Kier molecular flexibility index (Phi) is 5.68. The van der Waals surface area contributed by atoms with Crippen molar-refractivity contribution in [2.45, 2.75) is 32.4 Å². The van der Waals surface area contributed by atoms with Crippen LogP contribution in [0.5, 0.6) is 5.75 Å². The average Bonchev–Trinajstić information content (AvgIpc) is 3.15. The molecule has 0 bridgehead atoms. The first kappa shape index (κ1) is 21.2. The van der Waals surface area contributed by atoms with Crippen LogP contribution < -0.4 is 20.8 Å². The average molecular weight is 433 g/mol. The van der Waals surface area contributed by atoms with Crippen molar-refractivity contribution in [3.8, 4) is 5.75 Å². The van der Waals surface area contributed by atoms with Gasteiger partial charge in [-0.15, -0.1) is 0 Å². The Labute approximate surface area is 182 Å². The third-order valence-electron chi connectivity index (χ3n) is 5.30. The molecule has 2 aromatic heterocycles. The van der Waals surface area contributed by atoms with E-state index in [-0.39, 0.29) is 6.42 Å². The van der Waals surface area contributed by atoms with Crippen LogP contribution in [0.3, 0.4) is 0 Å². The Morgan fingerprint density at radius 2 is 1.94 bits per heavy atom. The SMILES string of the molecule is Cc1cc(=O)oc2cc(O[C@H](C)C(=O)N[C@@H](Cc3c[nH]c4ccccc34)C(=O)[O-])ccc12. The number of carboxylic acids is 1. The topological polar surface area (TPSA) is 124 Å². The summed E-state index contributed by atoms with van der Waals surface area (Å²) in [7, 11) is 0. The maximum Gasteiger partial charge on any atom is 0.336 e. The Morgan fingerprint density at radius 1 is 1.16 bits per heavy atom. The summed E-state index contributed by atoms with van der Waals surface area (Å²) in [5.41, 5.74) is 2.26. The normalized spacial score (nSPS) is 13.1. The molecule has 164 valence electrons. The van der Waals surface area contributed by atoms with E-state index in [1.807, 2.05) is 24.3 Å². The number of H-pyrrole nitrogens is 1. The maximum atomic E-state index is 12.6. The molecule has 2 aromatic carbocycles. The van der Waals surface area contributed by atoms with E-state index in [4.69, 9.17) is 9.15 Å². The lowest BCUT2D eigenvalue weighted by molar-refractivity contribution is -0.308. The van der Waals surface area contributed by atoms with Crippen LogP contribution in [0.25, 0.3) is 21.9 Å². The number of rotatable bonds is 7. The highest BCUT2D eigenvalue weighted by molar-refractivity contribution is 5.88. The fraction of sp³-hybridized carbons (Fsp3) is 0.208. The number of nitrogens with one attached hydrogen (secondary N) is 2. The first-order valence-electron chi connectivity index (χ1n) is 10.1. The molecule has 0 unspecified atom stereocenters. The van der Waals surface area contributed by atoms with Crippen LogP contribution in [0, 0.1) is 6.92 Å². The van der Waals surface area contributed by atoms with Gasteiger partial charge in [0.05, 0.1) is 12.0 Å². The summed E-state index contributed by atoms with van der Waals surface area (Å²) in [5, 5.41) is 15.8. The number of carbonyl (C=O) groups is 2. The third kappa shape index (κ3) is 4.34. The molecule has 32 heavy (non-hydrogen) atoms.